The van der Waals surface area contributed by atoms with Crippen molar-refractivity contribution in [3.05, 3.63) is 81.9 Å². The van der Waals surface area contributed by atoms with Crippen molar-refractivity contribution in [2.75, 3.05) is 53.7 Å². The first-order chi connectivity index (χ1) is 20.5. The number of carbonyl (C=O) groups is 2. The minimum absolute atomic E-state index is 0.206. The number of esters is 2. The highest BCUT2D eigenvalue weighted by atomic mass is 16.5. The molecule has 0 radical (unpaired) electrons. The second-order valence-corrected chi connectivity index (χ2v) is 11.4. The lowest BCUT2D eigenvalue weighted by Crippen LogP contribution is -2.33. The number of carbonyl (C=O) groups excluding carboxylic acids is 2. The van der Waals surface area contributed by atoms with E-state index < -0.39 is 0 Å². The van der Waals surface area contributed by atoms with Crippen molar-refractivity contribution in [1.29, 1.82) is 0 Å². The molecule has 8 nitrogen and oxygen atoms in total. The molecule has 2 aromatic carbocycles. The third-order valence-corrected chi connectivity index (χ3v) is 8.44. The summed E-state index contributed by atoms with van der Waals surface area (Å²) in [5.41, 5.74) is 5.29. The highest BCUT2D eigenvalue weighted by Gasteiger charge is 2.26. The standard InChI is InChI=1S/C34H42N2O6/c1-39-33(37)29-17-25-7-11-27(12-8-25)19-36-16-4-6-32(36)24-42-22-30(34(38)40-2)18-26-9-13-28(14-10-26)20-35-15-3-5-31(35)23-41-21-29/h7-14,17-18,31-32H,3-6,15-16,19-24H2,1-2H3/b29-17+,30-18+/t31-,32-/m0/s1. The van der Waals surface area contributed by atoms with Crippen molar-refractivity contribution in [3.63, 3.8) is 0 Å². The van der Waals surface area contributed by atoms with Gasteiger partial charge in [0.2, 0.25) is 0 Å². The van der Waals surface area contributed by atoms with E-state index in [1.807, 2.05) is 36.4 Å². The summed E-state index contributed by atoms with van der Waals surface area (Å²) in [4.78, 5) is 30.0. The number of ether oxygens (including phenoxy) is 4. The van der Waals surface area contributed by atoms with Crippen LogP contribution in [0.4, 0.5) is 0 Å². The Kier molecular flexibility index (Phi) is 10.6. The maximum absolute atomic E-state index is 12.5. The second kappa shape index (κ2) is 14.7. The van der Waals surface area contributed by atoms with Crippen molar-refractivity contribution in [1.82, 2.24) is 9.80 Å². The molecular formula is C34H42N2O6. The van der Waals surface area contributed by atoms with Gasteiger partial charge >= 0.3 is 11.9 Å². The molecule has 0 aliphatic carbocycles. The molecule has 6 heterocycles. The van der Waals surface area contributed by atoms with Crippen molar-refractivity contribution in [2.45, 2.75) is 50.9 Å². The zero-order chi connectivity index (χ0) is 29.3. The van der Waals surface area contributed by atoms with Crippen LogP contribution >= 0.6 is 0 Å². The SMILES string of the molecule is COC(=O)/C1=C/c2ccc(cc2)CN2CCC[C@H]2COC/C(C(=O)OC)=C\c2ccc(cc2)CN2CCC[C@H]2COC1. The lowest BCUT2D eigenvalue weighted by atomic mass is 10.1. The molecule has 0 aromatic heterocycles. The Morgan fingerprint density at radius 3 is 1.45 bits per heavy atom. The summed E-state index contributed by atoms with van der Waals surface area (Å²) in [6, 6.07) is 17.1. The van der Waals surface area contributed by atoms with Crippen LogP contribution < -0.4 is 0 Å². The lowest BCUT2D eigenvalue weighted by Gasteiger charge is -2.25. The fraction of sp³-hybridized carbons (Fsp3) is 0.471. The average Bonchev–Trinajstić information content (AvgIpc) is 3.65. The van der Waals surface area contributed by atoms with Crippen LogP contribution in [0.1, 0.15) is 47.9 Å². The molecule has 2 saturated heterocycles. The molecular weight excluding hydrogens is 532 g/mol. The van der Waals surface area contributed by atoms with Crippen LogP contribution in [-0.4, -0.2) is 87.6 Å². The van der Waals surface area contributed by atoms with E-state index in [0.717, 1.165) is 63.0 Å². The number of hydrogen-bond acceptors (Lipinski definition) is 8. The maximum Gasteiger partial charge on any atom is 0.336 e. The van der Waals surface area contributed by atoms with Gasteiger partial charge in [-0.05, 0) is 73.2 Å². The zero-order valence-electron chi connectivity index (χ0n) is 24.8. The van der Waals surface area contributed by atoms with Gasteiger partial charge in [0, 0.05) is 25.2 Å². The average molecular weight is 575 g/mol. The summed E-state index contributed by atoms with van der Waals surface area (Å²) in [5.74, 6) is -0.735. The Bertz CT molecular complexity index is 1170. The van der Waals surface area contributed by atoms with Gasteiger partial charge in [-0.15, -0.1) is 0 Å². The van der Waals surface area contributed by atoms with Crippen molar-refractivity contribution in [2.24, 2.45) is 0 Å². The topological polar surface area (TPSA) is 77.5 Å². The van der Waals surface area contributed by atoms with Crippen LogP contribution in [0.25, 0.3) is 12.2 Å². The quantitative estimate of drug-likeness (QED) is 0.487. The minimum Gasteiger partial charge on any atom is -0.466 e. The minimum atomic E-state index is -0.367. The summed E-state index contributed by atoms with van der Waals surface area (Å²) in [6.45, 7) is 5.15. The fourth-order valence-electron chi connectivity index (χ4n) is 6.09. The van der Waals surface area contributed by atoms with E-state index in [1.165, 1.54) is 25.3 Å². The number of rotatable bonds is 2. The number of benzene rings is 2. The number of methoxy groups -OCH3 is 2. The van der Waals surface area contributed by atoms with E-state index in [9.17, 15) is 9.59 Å². The van der Waals surface area contributed by atoms with E-state index in [1.54, 1.807) is 0 Å². The van der Waals surface area contributed by atoms with Crippen LogP contribution in [0, 0.1) is 0 Å². The molecule has 0 N–H and O–H groups in total. The first kappa shape index (κ1) is 30.2. The predicted octanol–water partition coefficient (Wildman–Crippen LogP) is 4.48. The van der Waals surface area contributed by atoms with Gasteiger partial charge in [0.15, 0.2) is 0 Å². The van der Waals surface area contributed by atoms with Crippen LogP contribution in [-0.2, 0) is 41.6 Å². The third kappa shape index (κ3) is 7.95. The smallest absolute Gasteiger partial charge is 0.336 e. The monoisotopic (exact) mass is 574 g/mol. The molecule has 0 amide bonds. The van der Waals surface area contributed by atoms with Crippen LogP contribution in [0.3, 0.4) is 0 Å². The molecule has 0 unspecified atom stereocenters. The highest BCUT2D eigenvalue weighted by Crippen LogP contribution is 2.24. The molecule has 2 fully saturated rings. The first-order valence-electron chi connectivity index (χ1n) is 14.9. The Balaban J connectivity index is 1.38. The molecule has 2 aromatic rings. The molecule has 4 bridgehead atoms. The molecule has 8 heteroatoms. The normalized spacial score (nSPS) is 25.4. The van der Waals surface area contributed by atoms with E-state index in [2.05, 4.69) is 34.1 Å². The molecule has 0 spiro atoms. The zero-order valence-corrected chi connectivity index (χ0v) is 24.8. The van der Waals surface area contributed by atoms with E-state index in [-0.39, 0.29) is 37.2 Å². The molecule has 8 rings (SSSR count). The molecule has 6 aliphatic rings. The molecule has 6 aliphatic heterocycles. The molecule has 224 valence electrons. The van der Waals surface area contributed by atoms with Crippen molar-refractivity contribution >= 4 is 24.1 Å². The fourth-order valence-corrected chi connectivity index (χ4v) is 6.09. The summed E-state index contributed by atoms with van der Waals surface area (Å²) < 4.78 is 22.3. The Labute approximate surface area is 248 Å². The van der Waals surface area contributed by atoms with E-state index in [4.69, 9.17) is 18.9 Å². The van der Waals surface area contributed by atoms with Crippen LogP contribution in [0.2, 0.25) is 0 Å². The lowest BCUT2D eigenvalue weighted by molar-refractivity contribution is -0.137. The second-order valence-electron chi connectivity index (χ2n) is 11.4. The Morgan fingerprint density at radius 2 is 1.07 bits per heavy atom. The molecule has 42 heavy (non-hydrogen) atoms. The molecule has 0 saturated carbocycles. The van der Waals surface area contributed by atoms with Crippen molar-refractivity contribution < 1.29 is 28.5 Å². The number of hydrogen-bond donors (Lipinski definition) is 0. The van der Waals surface area contributed by atoms with Gasteiger partial charge < -0.3 is 18.9 Å². The largest absolute Gasteiger partial charge is 0.466 e. The number of nitrogens with zero attached hydrogens (tertiary/aromatic N) is 2. The van der Waals surface area contributed by atoms with Gasteiger partial charge in [0.25, 0.3) is 0 Å². The van der Waals surface area contributed by atoms with Gasteiger partial charge in [-0.25, -0.2) is 9.59 Å². The maximum atomic E-state index is 12.5. The highest BCUT2D eigenvalue weighted by molar-refractivity contribution is 5.94. The van der Waals surface area contributed by atoms with Gasteiger partial charge in [-0.1, -0.05) is 48.5 Å². The van der Waals surface area contributed by atoms with Crippen LogP contribution in [0.5, 0.6) is 0 Å². The van der Waals surface area contributed by atoms with E-state index in [0.29, 0.717) is 24.4 Å². The Hall–Kier alpha value is -3.30. The van der Waals surface area contributed by atoms with Gasteiger partial charge in [0.05, 0.1) is 51.8 Å². The first-order valence-corrected chi connectivity index (χ1v) is 14.9. The van der Waals surface area contributed by atoms with E-state index >= 15 is 0 Å². The van der Waals surface area contributed by atoms with Gasteiger partial charge in [-0.2, -0.15) is 0 Å². The Morgan fingerprint density at radius 1 is 0.667 bits per heavy atom. The van der Waals surface area contributed by atoms with Gasteiger partial charge in [0.1, 0.15) is 0 Å². The summed E-state index contributed by atoms with van der Waals surface area (Å²) in [7, 11) is 2.81. The summed E-state index contributed by atoms with van der Waals surface area (Å²) in [5, 5.41) is 0. The summed E-state index contributed by atoms with van der Waals surface area (Å²) >= 11 is 0. The predicted molar refractivity (Wildman–Crippen MR) is 161 cm³/mol. The van der Waals surface area contributed by atoms with Gasteiger partial charge in [-0.3, -0.25) is 9.80 Å². The van der Waals surface area contributed by atoms with Crippen molar-refractivity contribution in [3.8, 4) is 0 Å². The third-order valence-electron chi connectivity index (χ3n) is 8.44. The van der Waals surface area contributed by atoms with Crippen LogP contribution in [0.15, 0.2) is 59.7 Å². The molecule has 2 atom stereocenters. The summed E-state index contributed by atoms with van der Waals surface area (Å²) in [6.07, 6.45) is 8.06.